The number of nitro groups is 1. The lowest BCUT2D eigenvalue weighted by atomic mass is 10.1. The Balaban J connectivity index is 2.04. The molecule has 0 bridgehead atoms. The second-order valence-corrected chi connectivity index (χ2v) is 7.96. The van der Waals surface area contributed by atoms with Gasteiger partial charge in [-0.25, -0.2) is 8.42 Å². The zero-order valence-electron chi connectivity index (χ0n) is 10.0. The van der Waals surface area contributed by atoms with Crippen molar-refractivity contribution in [1.29, 1.82) is 0 Å². The highest BCUT2D eigenvalue weighted by molar-refractivity contribution is 14.1. The van der Waals surface area contributed by atoms with Gasteiger partial charge in [0.15, 0.2) is 0 Å². The number of nitrogens with zero attached hydrogens (tertiary/aromatic N) is 1. The fraction of sp³-hybridized carbons (Fsp3) is 0.455. The van der Waals surface area contributed by atoms with Crippen molar-refractivity contribution in [2.24, 2.45) is 0 Å². The average Bonchev–Trinajstić information content (AvgIpc) is 2.31. The van der Waals surface area contributed by atoms with E-state index in [1.807, 2.05) is 22.6 Å². The highest BCUT2D eigenvalue weighted by atomic mass is 127. The maximum atomic E-state index is 11.3. The number of nitrogens with one attached hydrogen (secondary N) is 1. The molecule has 1 saturated heterocycles. The molecule has 1 fully saturated rings. The fourth-order valence-electron chi connectivity index (χ4n) is 2.01. The molecular weight excluding hydrogens is 383 g/mol. The van der Waals surface area contributed by atoms with Gasteiger partial charge in [-0.2, -0.15) is 0 Å². The van der Waals surface area contributed by atoms with Gasteiger partial charge in [-0.15, -0.1) is 0 Å². The summed E-state index contributed by atoms with van der Waals surface area (Å²) >= 11 is 1.92. The van der Waals surface area contributed by atoms with Gasteiger partial charge in [0.25, 0.3) is 5.69 Å². The zero-order chi connectivity index (χ0) is 14.0. The lowest BCUT2D eigenvalue weighted by Gasteiger charge is -2.24. The summed E-state index contributed by atoms with van der Waals surface area (Å²) in [6, 6.07) is 4.94. The van der Waals surface area contributed by atoms with E-state index in [9.17, 15) is 18.5 Å². The maximum Gasteiger partial charge on any atom is 0.282 e. The molecule has 0 saturated carbocycles. The molecule has 0 aromatic heterocycles. The van der Waals surface area contributed by atoms with Crippen molar-refractivity contribution in [2.45, 2.75) is 18.9 Å². The third kappa shape index (κ3) is 3.78. The van der Waals surface area contributed by atoms with E-state index in [1.165, 1.54) is 6.07 Å². The number of nitro benzene ring substituents is 1. The number of hydrogen-bond acceptors (Lipinski definition) is 5. The predicted octanol–water partition coefficient (Wildman–Crippen LogP) is 2.19. The van der Waals surface area contributed by atoms with Gasteiger partial charge in [0.1, 0.15) is 9.84 Å². The third-order valence-electron chi connectivity index (χ3n) is 3.07. The standard InChI is InChI=1S/C11H13IN2O4S/c12-10-7-9(1-2-11(10)14(15)16)13-8-3-5-19(17,18)6-4-8/h1-2,7-8,13H,3-6H2. The lowest BCUT2D eigenvalue weighted by Crippen LogP contribution is -2.32. The van der Waals surface area contributed by atoms with Crippen LogP contribution in [0.5, 0.6) is 0 Å². The van der Waals surface area contributed by atoms with E-state index in [1.54, 1.807) is 12.1 Å². The van der Waals surface area contributed by atoms with Crippen LogP contribution < -0.4 is 5.32 Å². The second kappa shape index (κ2) is 5.61. The first-order chi connectivity index (χ1) is 8.87. The summed E-state index contributed by atoms with van der Waals surface area (Å²) in [5, 5.41) is 13.9. The van der Waals surface area contributed by atoms with Crippen LogP contribution in [0.3, 0.4) is 0 Å². The molecule has 1 N–H and O–H groups in total. The van der Waals surface area contributed by atoms with E-state index in [-0.39, 0.29) is 23.2 Å². The molecule has 1 aromatic carbocycles. The molecule has 8 heteroatoms. The van der Waals surface area contributed by atoms with E-state index >= 15 is 0 Å². The molecular formula is C11H13IN2O4S. The smallest absolute Gasteiger partial charge is 0.282 e. The number of rotatable bonds is 3. The van der Waals surface area contributed by atoms with Crippen molar-refractivity contribution in [3.05, 3.63) is 31.9 Å². The van der Waals surface area contributed by atoms with Crippen molar-refractivity contribution in [1.82, 2.24) is 0 Å². The molecule has 6 nitrogen and oxygen atoms in total. The number of halogens is 1. The van der Waals surface area contributed by atoms with Crippen molar-refractivity contribution >= 4 is 43.8 Å². The third-order valence-corrected chi connectivity index (χ3v) is 5.65. The first kappa shape index (κ1) is 14.5. The van der Waals surface area contributed by atoms with Gasteiger partial charge < -0.3 is 5.32 Å². The van der Waals surface area contributed by atoms with E-state index in [0.29, 0.717) is 16.4 Å². The number of anilines is 1. The van der Waals surface area contributed by atoms with Crippen molar-refractivity contribution in [2.75, 3.05) is 16.8 Å². The van der Waals surface area contributed by atoms with E-state index in [0.717, 1.165) is 5.69 Å². The highest BCUT2D eigenvalue weighted by Gasteiger charge is 2.23. The van der Waals surface area contributed by atoms with Gasteiger partial charge in [0.05, 0.1) is 20.0 Å². The van der Waals surface area contributed by atoms with Crippen LogP contribution in [0.15, 0.2) is 18.2 Å². The van der Waals surface area contributed by atoms with Crippen molar-refractivity contribution in [3.63, 3.8) is 0 Å². The van der Waals surface area contributed by atoms with Gasteiger partial charge in [-0.3, -0.25) is 10.1 Å². The van der Waals surface area contributed by atoms with Crippen LogP contribution in [0.1, 0.15) is 12.8 Å². The molecule has 1 aliphatic rings. The van der Waals surface area contributed by atoms with Gasteiger partial charge in [0, 0.05) is 17.8 Å². The lowest BCUT2D eigenvalue weighted by molar-refractivity contribution is -0.385. The van der Waals surface area contributed by atoms with Crippen LogP contribution in [0.4, 0.5) is 11.4 Å². The Hall–Kier alpha value is -0.900. The Bertz CT molecular complexity index is 589. The number of hydrogen-bond donors (Lipinski definition) is 1. The molecule has 0 spiro atoms. The summed E-state index contributed by atoms with van der Waals surface area (Å²) in [6.07, 6.45) is 1.16. The Kier molecular flexibility index (Phi) is 4.29. The minimum atomic E-state index is -2.86. The monoisotopic (exact) mass is 396 g/mol. The van der Waals surface area contributed by atoms with Crippen molar-refractivity contribution in [3.8, 4) is 0 Å². The summed E-state index contributed by atoms with van der Waals surface area (Å²) in [7, 11) is -2.86. The molecule has 1 heterocycles. The molecule has 0 atom stereocenters. The highest BCUT2D eigenvalue weighted by Crippen LogP contribution is 2.25. The van der Waals surface area contributed by atoms with E-state index in [4.69, 9.17) is 0 Å². The quantitative estimate of drug-likeness (QED) is 0.481. The van der Waals surface area contributed by atoms with Crippen molar-refractivity contribution < 1.29 is 13.3 Å². The molecule has 0 amide bonds. The predicted molar refractivity (Wildman–Crippen MR) is 81.1 cm³/mol. The van der Waals surface area contributed by atoms with Gasteiger partial charge >= 0.3 is 0 Å². The normalized spacial score (nSPS) is 19.0. The van der Waals surface area contributed by atoms with E-state index in [2.05, 4.69) is 5.32 Å². The first-order valence-corrected chi connectivity index (χ1v) is 8.68. The molecule has 1 aliphatic heterocycles. The minimum absolute atomic E-state index is 0.0809. The van der Waals surface area contributed by atoms with Crippen LogP contribution in [0, 0.1) is 13.7 Å². The average molecular weight is 396 g/mol. The molecule has 0 unspecified atom stereocenters. The van der Waals surface area contributed by atoms with Crippen LogP contribution in [-0.4, -0.2) is 30.9 Å². The van der Waals surface area contributed by atoms with E-state index < -0.39 is 14.8 Å². The Morgan fingerprint density at radius 1 is 1.32 bits per heavy atom. The molecule has 1 aromatic rings. The molecule has 104 valence electrons. The summed E-state index contributed by atoms with van der Waals surface area (Å²) in [5.41, 5.74) is 0.872. The second-order valence-electron chi connectivity index (χ2n) is 4.49. The first-order valence-electron chi connectivity index (χ1n) is 5.78. The summed E-state index contributed by atoms with van der Waals surface area (Å²) in [4.78, 5) is 10.3. The molecule has 19 heavy (non-hydrogen) atoms. The maximum absolute atomic E-state index is 11.3. The topological polar surface area (TPSA) is 89.3 Å². The number of benzene rings is 1. The van der Waals surface area contributed by atoms with Crippen LogP contribution in [0.25, 0.3) is 0 Å². The zero-order valence-corrected chi connectivity index (χ0v) is 13.0. The summed E-state index contributed by atoms with van der Waals surface area (Å²) in [5.74, 6) is 0.406. The Morgan fingerprint density at radius 3 is 2.47 bits per heavy atom. The SMILES string of the molecule is O=[N+]([O-])c1ccc(NC2CCS(=O)(=O)CC2)cc1I. The molecule has 0 aliphatic carbocycles. The Morgan fingerprint density at radius 2 is 1.95 bits per heavy atom. The van der Waals surface area contributed by atoms with Gasteiger partial charge in [-0.05, 0) is 47.6 Å². The Labute approximate surface area is 124 Å². The molecule has 2 rings (SSSR count). The van der Waals surface area contributed by atoms with Gasteiger partial charge in [0.2, 0.25) is 0 Å². The van der Waals surface area contributed by atoms with Crippen LogP contribution >= 0.6 is 22.6 Å². The largest absolute Gasteiger partial charge is 0.382 e. The molecule has 0 radical (unpaired) electrons. The minimum Gasteiger partial charge on any atom is -0.382 e. The van der Waals surface area contributed by atoms with Crippen LogP contribution in [0.2, 0.25) is 0 Å². The van der Waals surface area contributed by atoms with Gasteiger partial charge in [-0.1, -0.05) is 0 Å². The number of sulfone groups is 1. The van der Waals surface area contributed by atoms with Crippen LogP contribution in [-0.2, 0) is 9.84 Å². The fourth-order valence-corrected chi connectivity index (χ4v) is 4.22. The summed E-state index contributed by atoms with van der Waals surface area (Å²) in [6.45, 7) is 0. The summed E-state index contributed by atoms with van der Waals surface area (Å²) < 4.78 is 23.2.